The summed E-state index contributed by atoms with van der Waals surface area (Å²) >= 11 is 2.77. The predicted octanol–water partition coefficient (Wildman–Crippen LogP) is 6.13. The molecule has 0 saturated heterocycles. The Kier molecular flexibility index (Phi) is 5.62. The van der Waals surface area contributed by atoms with Crippen LogP contribution in [0.1, 0.15) is 28.8 Å². The molecule has 0 bridgehead atoms. The summed E-state index contributed by atoms with van der Waals surface area (Å²) in [7, 11) is 0. The van der Waals surface area contributed by atoms with E-state index in [0.29, 0.717) is 16.3 Å². The number of anilines is 2. The molecule has 0 aliphatic heterocycles. The van der Waals surface area contributed by atoms with Crippen LogP contribution in [0.25, 0.3) is 22.4 Å². The maximum Gasteiger partial charge on any atom is 0.270 e. The van der Waals surface area contributed by atoms with E-state index in [2.05, 4.69) is 9.97 Å². The van der Waals surface area contributed by atoms with Crippen LogP contribution in [0.5, 0.6) is 0 Å². The molecule has 2 aromatic carbocycles. The molecule has 31 heavy (non-hydrogen) atoms. The maximum atomic E-state index is 12.4. The summed E-state index contributed by atoms with van der Waals surface area (Å²) in [6, 6.07) is 10.5. The summed E-state index contributed by atoms with van der Waals surface area (Å²) in [6.45, 7) is 5.48. The highest BCUT2D eigenvalue weighted by Crippen LogP contribution is 2.34. The second kappa shape index (κ2) is 8.37. The Balaban J connectivity index is 1.62. The third-order valence-electron chi connectivity index (χ3n) is 4.68. The van der Waals surface area contributed by atoms with E-state index in [4.69, 9.17) is 0 Å². The van der Waals surface area contributed by atoms with E-state index in [1.54, 1.807) is 11.0 Å². The first kappa shape index (κ1) is 20.8. The van der Waals surface area contributed by atoms with Crippen LogP contribution in [0.3, 0.4) is 0 Å². The zero-order valence-electron chi connectivity index (χ0n) is 17.0. The van der Waals surface area contributed by atoms with Gasteiger partial charge in [-0.15, -0.1) is 22.7 Å². The monoisotopic (exact) mass is 450 g/mol. The maximum absolute atomic E-state index is 12.4. The van der Waals surface area contributed by atoms with Crippen molar-refractivity contribution < 1.29 is 9.72 Å². The van der Waals surface area contributed by atoms with Crippen molar-refractivity contribution in [1.29, 1.82) is 0 Å². The Morgan fingerprint density at radius 3 is 2.55 bits per heavy atom. The SMILES string of the molecule is CC(=O)N(c1nc(C=Cc2nc3ccc([N+](=O)[O-])cc3s2)cs1)c1c(C)cccc1C. The second-order valence-electron chi connectivity index (χ2n) is 6.94. The minimum absolute atomic E-state index is 0.0478. The number of amides is 1. The molecule has 0 fully saturated rings. The summed E-state index contributed by atoms with van der Waals surface area (Å²) < 4.78 is 0.755. The first-order valence-electron chi connectivity index (χ1n) is 9.39. The highest BCUT2D eigenvalue weighted by molar-refractivity contribution is 7.19. The second-order valence-corrected chi connectivity index (χ2v) is 8.84. The van der Waals surface area contributed by atoms with Gasteiger partial charge in [-0.3, -0.25) is 19.8 Å². The molecule has 0 unspecified atom stereocenters. The minimum Gasteiger partial charge on any atom is -0.274 e. The fourth-order valence-corrected chi connectivity index (χ4v) is 5.02. The van der Waals surface area contributed by atoms with Crippen molar-refractivity contribution in [2.45, 2.75) is 20.8 Å². The average Bonchev–Trinajstić information content (AvgIpc) is 3.34. The minimum atomic E-state index is -0.414. The standard InChI is InChI=1S/C22H18N4O3S2/c1-13-5-4-6-14(2)21(13)25(15(3)27)22-23-16(12-30-22)7-10-20-24-18-9-8-17(26(28)29)11-19(18)31-20/h4-12H,1-3H3. The fraction of sp³-hybridized carbons (Fsp3) is 0.136. The Morgan fingerprint density at radius 2 is 1.87 bits per heavy atom. The largest absolute Gasteiger partial charge is 0.274 e. The molecule has 7 nitrogen and oxygen atoms in total. The van der Waals surface area contributed by atoms with Gasteiger partial charge in [0.2, 0.25) is 5.91 Å². The molecule has 0 spiro atoms. The van der Waals surface area contributed by atoms with E-state index in [0.717, 1.165) is 26.5 Å². The van der Waals surface area contributed by atoms with Gasteiger partial charge in [0.15, 0.2) is 5.13 Å². The number of nitro groups is 1. The normalized spacial score (nSPS) is 11.3. The van der Waals surface area contributed by atoms with Crippen LogP contribution < -0.4 is 4.90 Å². The Morgan fingerprint density at radius 1 is 1.13 bits per heavy atom. The molecule has 0 radical (unpaired) electrons. The number of carbonyl (C=O) groups excluding carboxylic acids is 1. The van der Waals surface area contributed by atoms with Crippen molar-refractivity contribution in [2.75, 3.05) is 4.90 Å². The smallest absolute Gasteiger partial charge is 0.270 e. The lowest BCUT2D eigenvalue weighted by molar-refractivity contribution is -0.384. The van der Waals surface area contributed by atoms with Crippen molar-refractivity contribution in [1.82, 2.24) is 9.97 Å². The summed E-state index contributed by atoms with van der Waals surface area (Å²) in [5.41, 5.74) is 4.34. The van der Waals surface area contributed by atoms with Gasteiger partial charge in [-0.1, -0.05) is 18.2 Å². The van der Waals surface area contributed by atoms with Gasteiger partial charge >= 0.3 is 0 Å². The fourth-order valence-electron chi connectivity index (χ4n) is 3.27. The molecule has 2 heterocycles. The van der Waals surface area contributed by atoms with Gasteiger partial charge in [-0.05, 0) is 43.2 Å². The summed E-state index contributed by atoms with van der Waals surface area (Å²) in [5.74, 6) is -0.102. The number of benzene rings is 2. The van der Waals surface area contributed by atoms with Crippen molar-refractivity contribution in [3.8, 4) is 0 Å². The Hall–Kier alpha value is -3.43. The molecule has 0 saturated carbocycles. The number of thiazole rings is 2. The van der Waals surface area contributed by atoms with E-state index in [-0.39, 0.29) is 11.6 Å². The van der Waals surface area contributed by atoms with Gasteiger partial charge in [-0.2, -0.15) is 0 Å². The number of aromatic nitrogens is 2. The van der Waals surface area contributed by atoms with Crippen LogP contribution in [0.15, 0.2) is 41.8 Å². The number of aryl methyl sites for hydroxylation is 2. The molecule has 0 aliphatic carbocycles. The Bertz CT molecular complexity index is 1320. The number of nitro benzene ring substituents is 1. The lowest BCUT2D eigenvalue weighted by Crippen LogP contribution is -2.24. The highest BCUT2D eigenvalue weighted by atomic mass is 32.1. The van der Waals surface area contributed by atoms with E-state index >= 15 is 0 Å². The number of hydrogen-bond acceptors (Lipinski definition) is 7. The number of non-ortho nitro benzene ring substituents is 1. The predicted molar refractivity (Wildman–Crippen MR) is 126 cm³/mol. The van der Waals surface area contributed by atoms with Gasteiger partial charge < -0.3 is 0 Å². The molecule has 0 aliphatic rings. The number of hydrogen-bond donors (Lipinski definition) is 0. The summed E-state index contributed by atoms with van der Waals surface area (Å²) in [4.78, 5) is 33.7. The molecule has 9 heteroatoms. The van der Waals surface area contributed by atoms with E-state index < -0.39 is 4.92 Å². The van der Waals surface area contributed by atoms with E-state index in [9.17, 15) is 14.9 Å². The van der Waals surface area contributed by atoms with Crippen molar-refractivity contribution in [3.63, 3.8) is 0 Å². The molecule has 4 rings (SSSR count). The van der Waals surface area contributed by atoms with Gasteiger partial charge in [0.25, 0.3) is 5.69 Å². The quantitative estimate of drug-likeness (QED) is 0.269. The number of rotatable bonds is 5. The number of nitrogens with zero attached hydrogens (tertiary/aromatic N) is 4. The van der Waals surface area contributed by atoms with Crippen LogP contribution in [0.4, 0.5) is 16.5 Å². The number of para-hydroxylation sites is 1. The average molecular weight is 451 g/mol. The lowest BCUT2D eigenvalue weighted by Gasteiger charge is -2.22. The van der Waals surface area contributed by atoms with Crippen LogP contribution in [0, 0.1) is 24.0 Å². The van der Waals surface area contributed by atoms with Gasteiger partial charge in [0.05, 0.1) is 26.5 Å². The topological polar surface area (TPSA) is 89.2 Å². The third kappa shape index (κ3) is 4.23. The zero-order valence-corrected chi connectivity index (χ0v) is 18.7. The molecule has 2 aromatic heterocycles. The highest BCUT2D eigenvalue weighted by Gasteiger charge is 2.21. The van der Waals surface area contributed by atoms with Crippen molar-refractivity contribution >= 4 is 67.5 Å². The first-order chi connectivity index (χ1) is 14.8. The first-order valence-corrected chi connectivity index (χ1v) is 11.1. The van der Waals surface area contributed by atoms with E-state index in [1.807, 2.05) is 49.6 Å². The van der Waals surface area contributed by atoms with Crippen molar-refractivity contribution in [3.05, 3.63) is 73.7 Å². The molecule has 1 amide bonds. The van der Waals surface area contributed by atoms with Crippen LogP contribution in [-0.4, -0.2) is 20.8 Å². The summed E-state index contributed by atoms with van der Waals surface area (Å²) in [5, 5.41) is 14.2. The van der Waals surface area contributed by atoms with Gasteiger partial charge in [-0.25, -0.2) is 9.97 Å². The molecular weight excluding hydrogens is 432 g/mol. The van der Waals surface area contributed by atoms with Crippen LogP contribution in [0.2, 0.25) is 0 Å². The molecule has 156 valence electrons. The molecular formula is C22H18N4O3S2. The van der Waals surface area contributed by atoms with Crippen LogP contribution in [-0.2, 0) is 4.79 Å². The molecule has 4 aromatic rings. The van der Waals surface area contributed by atoms with Crippen LogP contribution >= 0.6 is 22.7 Å². The number of carbonyl (C=O) groups is 1. The van der Waals surface area contributed by atoms with Gasteiger partial charge in [0.1, 0.15) is 5.01 Å². The summed E-state index contributed by atoms with van der Waals surface area (Å²) in [6.07, 6.45) is 3.65. The Labute approximate surface area is 186 Å². The molecule has 0 N–H and O–H groups in total. The zero-order chi connectivity index (χ0) is 22.1. The lowest BCUT2D eigenvalue weighted by atomic mass is 10.1. The molecule has 0 atom stereocenters. The third-order valence-corrected chi connectivity index (χ3v) is 6.50. The van der Waals surface area contributed by atoms with Crippen molar-refractivity contribution in [2.24, 2.45) is 0 Å². The number of fused-ring (bicyclic) bond motifs is 1. The van der Waals surface area contributed by atoms with E-state index in [1.165, 1.54) is 41.7 Å². The van der Waals surface area contributed by atoms with Gasteiger partial charge in [0, 0.05) is 24.4 Å².